The van der Waals surface area contributed by atoms with Gasteiger partial charge in [0.05, 0.1) is 5.92 Å². The highest BCUT2D eigenvalue weighted by Crippen LogP contribution is 2.21. The molecule has 2 aromatic carbocycles. The standard InChI is InChI=1S/C20H22N2O3/c1-14-5-7-16(8-6-14)17-4-2-3-15(11-17)12-21-20(25)22-10-9-18(13-22)19(23)24/h2-8,11,18H,9-10,12-13H2,1H3,(H,21,25)(H,23,24). The van der Waals surface area contributed by atoms with Gasteiger partial charge in [0, 0.05) is 19.6 Å². The summed E-state index contributed by atoms with van der Waals surface area (Å²) in [6.07, 6.45) is 0.520. The Morgan fingerprint density at radius 2 is 1.92 bits per heavy atom. The fraction of sp³-hybridized carbons (Fsp3) is 0.300. The molecule has 0 radical (unpaired) electrons. The van der Waals surface area contributed by atoms with Gasteiger partial charge in [-0.05, 0) is 36.1 Å². The Morgan fingerprint density at radius 1 is 1.16 bits per heavy atom. The van der Waals surface area contributed by atoms with E-state index in [9.17, 15) is 9.59 Å². The number of nitrogens with zero attached hydrogens (tertiary/aromatic N) is 1. The molecule has 0 bridgehead atoms. The van der Waals surface area contributed by atoms with E-state index in [2.05, 4.69) is 42.6 Å². The van der Waals surface area contributed by atoms with E-state index in [1.165, 1.54) is 5.56 Å². The van der Waals surface area contributed by atoms with Crippen LogP contribution in [0.4, 0.5) is 4.79 Å². The lowest BCUT2D eigenvalue weighted by Gasteiger charge is -2.17. The largest absolute Gasteiger partial charge is 0.481 e. The molecule has 1 saturated heterocycles. The van der Waals surface area contributed by atoms with E-state index >= 15 is 0 Å². The van der Waals surface area contributed by atoms with Crippen molar-refractivity contribution in [3.05, 3.63) is 59.7 Å². The molecular formula is C20H22N2O3. The van der Waals surface area contributed by atoms with Gasteiger partial charge in [-0.2, -0.15) is 0 Å². The molecule has 130 valence electrons. The maximum Gasteiger partial charge on any atom is 0.317 e. The van der Waals surface area contributed by atoms with Crippen LogP contribution in [0.25, 0.3) is 11.1 Å². The lowest BCUT2D eigenvalue weighted by Crippen LogP contribution is -2.38. The van der Waals surface area contributed by atoms with Crippen molar-refractivity contribution in [1.29, 1.82) is 0 Å². The Kier molecular flexibility index (Phi) is 5.03. The Labute approximate surface area is 147 Å². The van der Waals surface area contributed by atoms with Gasteiger partial charge in [0.1, 0.15) is 0 Å². The highest BCUT2D eigenvalue weighted by Gasteiger charge is 2.30. The SMILES string of the molecule is Cc1ccc(-c2cccc(CNC(=O)N3CCC(C(=O)O)C3)c2)cc1. The van der Waals surface area contributed by atoms with E-state index in [-0.39, 0.29) is 12.6 Å². The molecular weight excluding hydrogens is 316 g/mol. The van der Waals surface area contributed by atoms with Crippen LogP contribution in [0.2, 0.25) is 0 Å². The number of aryl methyl sites for hydroxylation is 1. The Balaban J connectivity index is 1.60. The first kappa shape index (κ1) is 17.0. The maximum absolute atomic E-state index is 12.2. The van der Waals surface area contributed by atoms with Gasteiger partial charge in [0.15, 0.2) is 0 Å². The van der Waals surface area contributed by atoms with Crippen LogP contribution in [-0.2, 0) is 11.3 Å². The molecule has 0 aliphatic carbocycles. The van der Waals surface area contributed by atoms with Gasteiger partial charge < -0.3 is 15.3 Å². The molecule has 1 heterocycles. The quantitative estimate of drug-likeness (QED) is 0.899. The first-order valence-electron chi connectivity index (χ1n) is 8.44. The minimum absolute atomic E-state index is 0.204. The normalized spacial score (nSPS) is 16.7. The number of benzene rings is 2. The second-order valence-corrected chi connectivity index (χ2v) is 6.49. The zero-order chi connectivity index (χ0) is 17.8. The molecule has 2 N–H and O–H groups in total. The maximum atomic E-state index is 12.2. The molecule has 1 unspecified atom stereocenters. The van der Waals surface area contributed by atoms with Gasteiger partial charge in [-0.3, -0.25) is 4.79 Å². The number of hydrogen-bond donors (Lipinski definition) is 2. The van der Waals surface area contributed by atoms with Crippen LogP contribution in [0, 0.1) is 12.8 Å². The topological polar surface area (TPSA) is 69.6 Å². The molecule has 1 atom stereocenters. The number of hydrogen-bond acceptors (Lipinski definition) is 2. The molecule has 1 aliphatic rings. The molecule has 1 aliphatic heterocycles. The van der Waals surface area contributed by atoms with E-state index < -0.39 is 11.9 Å². The second-order valence-electron chi connectivity index (χ2n) is 6.49. The van der Waals surface area contributed by atoms with Crippen LogP contribution in [0.1, 0.15) is 17.5 Å². The van der Waals surface area contributed by atoms with Crippen LogP contribution < -0.4 is 5.32 Å². The highest BCUT2D eigenvalue weighted by molar-refractivity contribution is 5.77. The monoisotopic (exact) mass is 338 g/mol. The molecule has 3 rings (SSSR count). The molecule has 25 heavy (non-hydrogen) atoms. The molecule has 5 heteroatoms. The van der Waals surface area contributed by atoms with Gasteiger partial charge in [0.25, 0.3) is 0 Å². The number of rotatable bonds is 4. The number of urea groups is 1. The summed E-state index contributed by atoms with van der Waals surface area (Å²) in [5.41, 5.74) is 4.49. The molecule has 0 spiro atoms. The average molecular weight is 338 g/mol. The van der Waals surface area contributed by atoms with Gasteiger partial charge in [-0.25, -0.2) is 4.79 Å². The molecule has 0 aromatic heterocycles. The molecule has 0 saturated carbocycles. The summed E-state index contributed by atoms with van der Waals surface area (Å²) >= 11 is 0. The predicted molar refractivity (Wildman–Crippen MR) is 96.2 cm³/mol. The first-order chi connectivity index (χ1) is 12.0. The van der Waals surface area contributed by atoms with Crippen molar-refractivity contribution in [2.45, 2.75) is 19.9 Å². The lowest BCUT2D eigenvalue weighted by atomic mass is 10.0. The van der Waals surface area contributed by atoms with Crippen molar-refractivity contribution in [2.75, 3.05) is 13.1 Å². The second kappa shape index (κ2) is 7.38. The summed E-state index contributed by atoms with van der Waals surface area (Å²) in [6.45, 7) is 3.26. The van der Waals surface area contributed by atoms with Gasteiger partial charge in [-0.15, -0.1) is 0 Å². The molecule has 2 aromatic rings. The van der Waals surface area contributed by atoms with Crippen molar-refractivity contribution >= 4 is 12.0 Å². The Morgan fingerprint density at radius 3 is 2.60 bits per heavy atom. The van der Waals surface area contributed by atoms with Gasteiger partial charge >= 0.3 is 12.0 Å². The number of carboxylic acids is 1. The van der Waals surface area contributed by atoms with E-state index in [1.807, 2.05) is 18.2 Å². The average Bonchev–Trinajstić information content (AvgIpc) is 3.11. The fourth-order valence-electron chi connectivity index (χ4n) is 3.04. The number of carbonyl (C=O) groups is 2. The number of nitrogens with one attached hydrogen (secondary N) is 1. The summed E-state index contributed by atoms with van der Waals surface area (Å²) in [5.74, 6) is -1.28. The van der Waals surface area contributed by atoms with Gasteiger partial charge in [-0.1, -0.05) is 48.0 Å². The van der Waals surface area contributed by atoms with Crippen molar-refractivity contribution in [3.63, 3.8) is 0 Å². The highest BCUT2D eigenvalue weighted by atomic mass is 16.4. The summed E-state index contributed by atoms with van der Waals surface area (Å²) in [6, 6.07) is 16.2. The number of likely N-dealkylation sites (tertiary alicyclic amines) is 1. The van der Waals surface area contributed by atoms with Crippen LogP contribution in [0.15, 0.2) is 48.5 Å². The van der Waals surface area contributed by atoms with E-state index in [1.54, 1.807) is 4.90 Å². The number of carboxylic acid groups (broad SMARTS) is 1. The minimum Gasteiger partial charge on any atom is -0.481 e. The number of aliphatic carboxylic acids is 1. The Hall–Kier alpha value is -2.82. The molecule has 5 nitrogen and oxygen atoms in total. The van der Waals surface area contributed by atoms with Crippen molar-refractivity contribution in [2.24, 2.45) is 5.92 Å². The predicted octanol–water partition coefficient (Wildman–Crippen LogP) is 3.28. The third-order valence-electron chi connectivity index (χ3n) is 4.58. The summed E-state index contributed by atoms with van der Waals surface area (Å²) in [4.78, 5) is 24.8. The van der Waals surface area contributed by atoms with E-state index in [0.717, 1.165) is 16.7 Å². The van der Waals surface area contributed by atoms with E-state index in [4.69, 9.17) is 5.11 Å². The van der Waals surface area contributed by atoms with Crippen molar-refractivity contribution in [1.82, 2.24) is 10.2 Å². The van der Waals surface area contributed by atoms with Crippen molar-refractivity contribution < 1.29 is 14.7 Å². The van der Waals surface area contributed by atoms with Crippen LogP contribution >= 0.6 is 0 Å². The lowest BCUT2D eigenvalue weighted by molar-refractivity contribution is -0.141. The first-order valence-corrected chi connectivity index (χ1v) is 8.44. The number of carbonyl (C=O) groups excluding carboxylic acids is 1. The zero-order valence-corrected chi connectivity index (χ0v) is 14.2. The summed E-state index contributed by atoms with van der Waals surface area (Å²) in [5, 5.41) is 11.9. The van der Waals surface area contributed by atoms with Gasteiger partial charge in [0.2, 0.25) is 0 Å². The summed E-state index contributed by atoms with van der Waals surface area (Å²) in [7, 11) is 0. The van der Waals surface area contributed by atoms with Crippen molar-refractivity contribution in [3.8, 4) is 11.1 Å². The zero-order valence-electron chi connectivity index (χ0n) is 14.2. The fourth-order valence-corrected chi connectivity index (χ4v) is 3.04. The van der Waals surface area contributed by atoms with E-state index in [0.29, 0.717) is 19.5 Å². The minimum atomic E-state index is -0.832. The van der Waals surface area contributed by atoms with Crippen LogP contribution in [0.5, 0.6) is 0 Å². The molecule has 1 fully saturated rings. The third kappa shape index (κ3) is 4.18. The summed E-state index contributed by atoms with van der Waals surface area (Å²) < 4.78 is 0. The smallest absolute Gasteiger partial charge is 0.317 e. The molecule has 2 amide bonds. The number of amides is 2. The van der Waals surface area contributed by atoms with Crippen LogP contribution in [-0.4, -0.2) is 35.1 Å². The Bertz CT molecular complexity index is 771. The third-order valence-corrected chi connectivity index (χ3v) is 4.58. The van der Waals surface area contributed by atoms with Crippen LogP contribution in [0.3, 0.4) is 0 Å².